The van der Waals surface area contributed by atoms with Crippen LogP contribution < -0.4 is 36.3 Å². The zero-order valence-electron chi connectivity index (χ0n) is 26.4. The van der Waals surface area contributed by atoms with Gasteiger partial charge in [0.1, 0.15) is 0 Å². The van der Waals surface area contributed by atoms with E-state index < -0.39 is 8.07 Å². The van der Waals surface area contributed by atoms with Crippen molar-refractivity contribution in [1.82, 2.24) is 0 Å². The molecule has 0 N–H and O–H groups in total. The predicted molar refractivity (Wildman–Crippen MR) is 206 cm³/mol. The first-order valence-electron chi connectivity index (χ1n) is 16.7. The number of anilines is 5. The first-order chi connectivity index (χ1) is 23.9. The third-order valence-electron chi connectivity index (χ3n) is 10.5. The average molecular weight is 627 g/mol. The van der Waals surface area contributed by atoms with Gasteiger partial charge in [-0.2, -0.15) is 0 Å². The van der Waals surface area contributed by atoms with Crippen molar-refractivity contribution >= 4 is 75.4 Å². The molecule has 0 saturated carbocycles. The van der Waals surface area contributed by atoms with Crippen molar-refractivity contribution < 1.29 is 0 Å². The largest absolute Gasteiger partial charge is 0.312 e. The van der Waals surface area contributed by atoms with Gasteiger partial charge >= 0.3 is 0 Å². The van der Waals surface area contributed by atoms with E-state index in [1.807, 2.05) is 0 Å². The highest BCUT2D eigenvalue weighted by Gasteiger charge is 2.58. The topological polar surface area (TPSA) is 6.48 Å². The lowest BCUT2D eigenvalue weighted by Gasteiger charge is -2.46. The minimum absolute atomic E-state index is 0.0711. The van der Waals surface area contributed by atoms with Gasteiger partial charge in [-0.05, 0) is 74.5 Å². The number of fused-ring (bicyclic) bond motifs is 5. The van der Waals surface area contributed by atoms with Gasteiger partial charge in [-0.3, -0.25) is 0 Å². The zero-order valence-corrected chi connectivity index (χ0v) is 27.4. The Morgan fingerprint density at radius 1 is 0.396 bits per heavy atom. The van der Waals surface area contributed by atoms with Gasteiger partial charge in [0, 0.05) is 34.1 Å². The molecule has 4 heteroatoms. The Kier molecular flexibility index (Phi) is 6.02. The number of para-hydroxylation sites is 3. The molecule has 7 aromatic carbocycles. The van der Waals surface area contributed by atoms with E-state index in [0.29, 0.717) is 0 Å². The van der Waals surface area contributed by atoms with Crippen molar-refractivity contribution in [3.8, 4) is 0 Å². The number of benzene rings is 7. The van der Waals surface area contributed by atoms with Crippen LogP contribution in [0.2, 0.25) is 0 Å². The minimum atomic E-state index is -2.83. The lowest BCUT2D eigenvalue weighted by molar-refractivity contribution is 1.26. The van der Waals surface area contributed by atoms with E-state index in [-0.39, 0.29) is 6.71 Å². The molecule has 0 radical (unpaired) electrons. The molecule has 224 valence electrons. The van der Waals surface area contributed by atoms with Crippen molar-refractivity contribution in [3.05, 3.63) is 199 Å². The van der Waals surface area contributed by atoms with Gasteiger partial charge in [-0.1, -0.05) is 151 Å². The number of hydrogen-bond acceptors (Lipinski definition) is 2. The summed E-state index contributed by atoms with van der Waals surface area (Å²) in [6.07, 6.45) is 0. The highest BCUT2D eigenvalue weighted by atomic mass is 28.3. The van der Waals surface area contributed by atoms with Crippen LogP contribution >= 0.6 is 0 Å². The molecule has 3 heterocycles. The van der Waals surface area contributed by atoms with E-state index in [1.165, 1.54) is 66.2 Å². The third-order valence-corrected chi connectivity index (χ3v) is 15.5. The Morgan fingerprint density at radius 3 is 1.52 bits per heavy atom. The number of hydrogen-bond donors (Lipinski definition) is 0. The fourth-order valence-corrected chi connectivity index (χ4v) is 14.4. The van der Waals surface area contributed by atoms with Gasteiger partial charge in [0.2, 0.25) is 6.71 Å². The fraction of sp³-hybridized carbons (Fsp3) is 0. The number of rotatable bonds is 4. The molecule has 7 aromatic rings. The average Bonchev–Trinajstić information content (AvgIpc) is 3.47. The van der Waals surface area contributed by atoms with E-state index in [2.05, 4.69) is 198 Å². The van der Waals surface area contributed by atoms with Crippen molar-refractivity contribution in [1.29, 1.82) is 0 Å². The van der Waals surface area contributed by atoms with Crippen LogP contribution in [-0.4, -0.2) is 14.8 Å². The summed E-state index contributed by atoms with van der Waals surface area (Å²) in [4.78, 5) is 5.07. The summed E-state index contributed by atoms with van der Waals surface area (Å²) >= 11 is 0. The second-order valence-electron chi connectivity index (χ2n) is 12.8. The van der Waals surface area contributed by atoms with Crippen LogP contribution in [0.1, 0.15) is 5.56 Å². The fourth-order valence-electron chi connectivity index (χ4n) is 8.81. The van der Waals surface area contributed by atoms with Crippen LogP contribution in [-0.2, 0) is 0 Å². The predicted octanol–water partition coefficient (Wildman–Crippen LogP) is 7.20. The molecule has 0 aromatic heterocycles. The maximum Gasteiger partial charge on any atom is 0.244 e. The summed E-state index contributed by atoms with van der Waals surface area (Å²) in [5, 5.41) is 5.85. The van der Waals surface area contributed by atoms with Crippen LogP contribution in [0.25, 0.3) is 5.70 Å². The molecule has 48 heavy (non-hydrogen) atoms. The Bertz CT molecular complexity index is 2320. The monoisotopic (exact) mass is 626 g/mol. The van der Waals surface area contributed by atoms with Crippen LogP contribution in [0, 0.1) is 0 Å². The van der Waals surface area contributed by atoms with Crippen LogP contribution in [0.4, 0.5) is 28.4 Å². The van der Waals surface area contributed by atoms with E-state index in [1.54, 1.807) is 5.10 Å². The van der Waals surface area contributed by atoms with Crippen molar-refractivity contribution in [2.24, 2.45) is 0 Å². The van der Waals surface area contributed by atoms with Gasteiger partial charge in [-0.25, -0.2) is 0 Å². The molecule has 0 unspecified atom stereocenters. The molecule has 0 amide bonds. The van der Waals surface area contributed by atoms with Gasteiger partial charge in [0.05, 0.1) is 0 Å². The Hall–Kier alpha value is -5.84. The lowest BCUT2D eigenvalue weighted by Crippen LogP contribution is -2.73. The molecule has 0 aliphatic carbocycles. The van der Waals surface area contributed by atoms with Crippen molar-refractivity contribution in [3.63, 3.8) is 0 Å². The zero-order chi connectivity index (χ0) is 31.7. The van der Waals surface area contributed by atoms with Gasteiger partial charge in [0.15, 0.2) is 8.07 Å². The Morgan fingerprint density at radius 2 is 0.875 bits per heavy atom. The highest BCUT2D eigenvalue weighted by molar-refractivity contribution is 7.28. The van der Waals surface area contributed by atoms with Gasteiger partial charge < -0.3 is 9.80 Å². The summed E-state index contributed by atoms with van der Waals surface area (Å²) < 4.78 is 0. The second kappa shape index (κ2) is 10.6. The molecule has 0 bridgehead atoms. The summed E-state index contributed by atoms with van der Waals surface area (Å²) in [5.41, 5.74) is 11.5. The molecule has 3 aliphatic heterocycles. The molecule has 0 saturated heterocycles. The molecule has 0 spiro atoms. The van der Waals surface area contributed by atoms with E-state index in [9.17, 15) is 0 Å². The Balaban J connectivity index is 1.41. The van der Waals surface area contributed by atoms with Crippen molar-refractivity contribution in [2.45, 2.75) is 0 Å². The summed E-state index contributed by atoms with van der Waals surface area (Å²) in [6, 6.07) is 70.0. The third kappa shape index (κ3) is 3.64. The number of nitrogens with zero attached hydrogens (tertiary/aromatic N) is 2. The first kappa shape index (κ1) is 27.3. The second-order valence-corrected chi connectivity index (χ2v) is 16.6. The molecule has 10 rings (SSSR count). The standard InChI is InChI=1S/C44H31BN2Si/c1-5-18-32(19-6-1)46-38-28-15-14-27-37(38)45-42-39(46)29-17-30-40(42)47(33-20-7-2-8-21-33)43-36-26-13-16-31-41(36)48(44(43)45,34-22-9-3-10-23-34)35-24-11-4-12-25-35/h1-31H. The highest BCUT2D eigenvalue weighted by Crippen LogP contribution is 2.50. The summed E-state index contributed by atoms with van der Waals surface area (Å²) in [7, 11) is -2.83. The maximum atomic E-state index is 2.58. The quantitative estimate of drug-likeness (QED) is 0.191. The molecular weight excluding hydrogens is 595 g/mol. The summed E-state index contributed by atoms with van der Waals surface area (Å²) in [6.45, 7) is 0.0711. The molecule has 0 fully saturated rings. The van der Waals surface area contributed by atoms with Gasteiger partial charge in [0.25, 0.3) is 0 Å². The van der Waals surface area contributed by atoms with E-state index >= 15 is 0 Å². The normalized spacial score (nSPS) is 15.0. The van der Waals surface area contributed by atoms with E-state index in [4.69, 9.17) is 0 Å². The smallest absolute Gasteiger partial charge is 0.244 e. The molecular formula is C44H31BN2Si. The summed E-state index contributed by atoms with van der Waals surface area (Å²) in [5.74, 6) is 0. The molecule has 2 nitrogen and oxygen atoms in total. The SMILES string of the molecule is c1ccc(N2C3=C(B4c5ccccc5N(c5ccccc5)c5cccc2c54)[Si](c2ccccc2)(c2ccccc2)c2ccccc23)cc1. The van der Waals surface area contributed by atoms with Crippen LogP contribution in [0.3, 0.4) is 0 Å². The van der Waals surface area contributed by atoms with E-state index in [0.717, 1.165) is 0 Å². The maximum absolute atomic E-state index is 2.83. The molecule has 3 aliphatic rings. The van der Waals surface area contributed by atoms with Crippen LogP contribution in [0.15, 0.2) is 193 Å². The first-order valence-corrected chi connectivity index (χ1v) is 18.7. The molecule has 0 atom stereocenters. The van der Waals surface area contributed by atoms with Crippen molar-refractivity contribution in [2.75, 3.05) is 9.80 Å². The Labute approximate surface area is 283 Å². The lowest BCUT2D eigenvalue weighted by atomic mass is 9.36. The minimum Gasteiger partial charge on any atom is -0.312 e. The van der Waals surface area contributed by atoms with Crippen LogP contribution in [0.5, 0.6) is 0 Å². The van der Waals surface area contributed by atoms with Gasteiger partial charge in [-0.15, -0.1) is 0 Å².